The van der Waals surface area contributed by atoms with Gasteiger partial charge in [0.25, 0.3) is 0 Å². The predicted molar refractivity (Wildman–Crippen MR) is 169 cm³/mol. The highest BCUT2D eigenvalue weighted by Crippen LogP contribution is 2.55. The Labute approximate surface area is 245 Å². The molecule has 0 saturated heterocycles. The maximum absolute atomic E-state index is 12.8. The molecule has 1 saturated carbocycles. The minimum absolute atomic E-state index is 0.0205. The Morgan fingerprint density at radius 2 is 1.90 bits per heavy atom. The fourth-order valence-corrected chi connectivity index (χ4v) is 6.75. The highest BCUT2D eigenvalue weighted by atomic mass is 28.4. The van der Waals surface area contributed by atoms with Crippen molar-refractivity contribution in [2.24, 2.45) is 5.92 Å². The van der Waals surface area contributed by atoms with Crippen LogP contribution in [0.1, 0.15) is 117 Å². The number of unbranched alkanes of at least 4 members (excludes halogenated alkanes) is 3. The molecule has 1 heterocycles. The summed E-state index contributed by atoms with van der Waals surface area (Å²) in [5.74, 6) is 8.92. The number of hydrogen-bond donors (Lipinski definition) is 0. The summed E-state index contributed by atoms with van der Waals surface area (Å²) < 4.78 is 19.5. The van der Waals surface area contributed by atoms with Crippen LogP contribution in [0.4, 0.5) is 0 Å². The van der Waals surface area contributed by atoms with Crippen molar-refractivity contribution in [3.8, 4) is 23.3 Å². The molecule has 1 aromatic rings. The van der Waals surface area contributed by atoms with Crippen LogP contribution < -0.4 is 9.47 Å². The van der Waals surface area contributed by atoms with Gasteiger partial charge in [0.05, 0.1) is 6.61 Å². The number of carbonyl (C=O) groups is 1. The molecule has 1 aromatic carbocycles. The van der Waals surface area contributed by atoms with Crippen LogP contribution in [0.15, 0.2) is 24.8 Å². The second-order valence-electron chi connectivity index (χ2n) is 14.2. The summed E-state index contributed by atoms with van der Waals surface area (Å²) in [6.07, 6.45) is 9.66. The smallest absolute Gasteiger partial charge is 0.193 e. The standard InChI is InChI=1S/C35H54O4Si/c1-11-13-14-15-19-34(6,7)26-23-30(37-21-12-2)32-28-25-27(36)17-18-29(28)35(8,39-31(32)24-26)20-16-22-38-40(9,10)33(3,4)5/h12,23-24,28-29H,2,11,13-15,17-19,21-22,25H2,1,3-10H3/t28-,29-,35+/m1/s1. The van der Waals surface area contributed by atoms with Crippen LogP contribution in [0.3, 0.4) is 0 Å². The van der Waals surface area contributed by atoms with Crippen LogP contribution in [0.2, 0.25) is 18.1 Å². The maximum Gasteiger partial charge on any atom is 0.193 e. The Hall–Kier alpha value is -2.03. The van der Waals surface area contributed by atoms with E-state index in [-0.39, 0.29) is 22.3 Å². The number of hydrogen-bond acceptors (Lipinski definition) is 4. The Bertz CT molecular complexity index is 1120. The second-order valence-corrected chi connectivity index (χ2v) is 19.0. The van der Waals surface area contributed by atoms with E-state index in [1.165, 1.54) is 31.2 Å². The molecule has 0 unspecified atom stereocenters. The van der Waals surface area contributed by atoms with Gasteiger partial charge in [0.1, 0.15) is 23.9 Å². The van der Waals surface area contributed by atoms with Crippen molar-refractivity contribution in [2.45, 2.75) is 135 Å². The molecule has 40 heavy (non-hydrogen) atoms. The van der Waals surface area contributed by atoms with Gasteiger partial charge in [-0.25, -0.2) is 0 Å². The summed E-state index contributed by atoms with van der Waals surface area (Å²) in [5, 5.41) is 0.134. The number of benzene rings is 1. The van der Waals surface area contributed by atoms with Crippen molar-refractivity contribution in [1.82, 2.24) is 0 Å². The summed E-state index contributed by atoms with van der Waals surface area (Å²) in [7, 11) is -1.90. The van der Waals surface area contributed by atoms with Crippen LogP contribution in [0.25, 0.3) is 0 Å². The van der Waals surface area contributed by atoms with Crippen LogP contribution in [-0.4, -0.2) is 32.9 Å². The molecule has 0 N–H and O–H groups in total. The van der Waals surface area contributed by atoms with Gasteiger partial charge in [-0.1, -0.05) is 91.7 Å². The average Bonchev–Trinajstić information content (AvgIpc) is 2.86. The lowest BCUT2D eigenvalue weighted by Crippen LogP contribution is -2.48. The van der Waals surface area contributed by atoms with Crippen LogP contribution in [0.5, 0.6) is 11.5 Å². The summed E-state index contributed by atoms with van der Waals surface area (Å²) in [6, 6.07) is 4.40. The van der Waals surface area contributed by atoms with Crippen molar-refractivity contribution in [1.29, 1.82) is 0 Å². The van der Waals surface area contributed by atoms with E-state index in [4.69, 9.17) is 13.9 Å². The third kappa shape index (κ3) is 7.42. The molecule has 5 heteroatoms. The zero-order valence-electron chi connectivity index (χ0n) is 26.8. The molecule has 3 rings (SSSR count). The van der Waals surface area contributed by atoms with E-state index < -0.39 is 13.9 Å². The van der Waals surface area contributed by atoms with Crippen molar-refractivity contribution < 1.29 is 18.7 Å². The molecule has 0 amide bonds. The SMILES string of the molecule is C=CCOc1cc(C(C)(C)CCCCCC)cc2c1[C@@H]1CC(=O)CC[C@H]1[C@](C)(C#CCO[Si](C)(C)C(C)(C)C)O2. The van der Waals surface area contributed by atoms with E-state index in [1.54, 1.807) is 6.08 Å². The largest absolute Gasteiger partial charge is 0.489 e. The zero-order chi connectivity index (χ0) is 29.8. The van der Waals surface area contributed by atoms with Crippen LogP contribution in [0, 0.1) is 17.8 Å². The molecule has 2 aliphatic rings. The third-order valence-corrected chi connectivity index (χ3v) is 14.1. The molecule has 222 valence electrons. The Kier molecular flexibility index (Phi) is 10.4. The molecule has 0 spiro atoms. The first kappa shape index (κ1) is 32.5. The monoisotopic (exact) mass is 566 g/mol. The second kappa shape index (κ2) is 12.9. The van der Waals surface area contributed by atoms with Gasteiger partial charge in [-0.15, -0.1) is 0 Å². The van der Waals surface area contributed by atoms with Gasteiger partial charge in [-0.05, 0) is 61.0 Å². The minimum Gasteiger partial charge on any atom is -0.489 e. The zero-order valence-corrected chi connectivity index (χ0v) is 27.8. The van der Waals surface area contributed by atoms with Gasteiger partial charge in [0, 0.05) is 30.2 Å². The van der Waals surface area contributed by atoms with Gasteiger partial charge < -0.3 is 13.9 Å². The van der Waals surface area contributed by atoms with Crippen molar-refractivity contribution >= 4 is 14.1 Å². The van der Waals surface area contributed by atoms with Crippen LogP contribution >= 0.6 is 0 Å². The van der Waals surface area contributed by atoms with E-state index in [9.17, 15) is 4.79 Å². The topological polar surface area (TPSA) is 44.8 Å². The van der Waals surface area contributed by atoms with Gasteiger partial charge in [-0.2, -0.15) is 0 Å². The number of carbonyl (C=O) groups excluding carboxylic acids is 1. The predicted octanol–water partition coefficient (Wildman–Crippen LogP) is 9.13. The van der Waals surface area contributed by atoms with E-state index in [0.717, 1.165) is 29.9 Å². The fraction of sp³-hybridized carbons (Fsp3) is 0.686. The maximum atomic E-state index is 12.8. The number of fused-ring (bicyclic) bond motifs is 3. The lowest BCUT2D eigenvalue weighted by atomic mass is 9.65. The summed E-state index contributed by atoms with van der Waals surface area (Å²) in [6.45, 7) is 24.9. The summed E-state index contributed by atoms with van der Waals surface area (Å²) in [4.78, 5) is 12.8. The molecular formula is C35H54O4Si. The number of Topliss-reactive ketones (excluding diaryl/α,β-unsaturated/α-hetero) is 1. The first-order valence-corrected chi connectivity index (χ1v) is 18.3. The minimum atomic E-state index is -1.90. The van der Waals surface area contributed by atoms with E-state index in [2.05, 4.69) is 92.1 Å². The van der Waals surface area contributed by atoms with Crippen LogP contribution in [-0.2, 0) is 14.6 Å². The Morgan fingerprint density at radius 1 is 1.18 bits per heavy atom. The molecule has 4 nitrogen and oxygen atoms in total. The molecule has 1 fully saturated rings. The number of ketones is 1. The highest BCUT2D eigenvalue weighted by Gasteiger charge is 2.50. The normalized spacial score (nSPS) is 22.9. The summed E-state index contributed by atoms with van der Waals surface area (Å²) >= 11 is 0. The molecule has 0 bridgehead atoms. The molecule has 1 aliphatic heterocycles. The molecule has 0 radical (unpaired) electrons. The molecule has 3 atom stereocenters. The molecular weight excluding hydrogens is 512 g/mol. The lowest BCUT2D eigenvalue weighted by Gasteiger charge is -2.47. The van der Waals surface area contributed by atoms with Gasteiger partial charge in [0.15, 0.2) is 13.9 Å². The number of rotatable bonds is 11. The van der Waals surface area contributed by atoms with Gasteiger partial charge >= 0.3 is 0 Å². The third-order valence-electron chi connectivity index (χ3n) is 9.61. The van der Waals surface area contributed by atoms with E-state index in [0.29, 0.717) is 31.8 Å². The van der Waals surface area contributed by atoms with Gasteiger partial charge in [-0.3, -0.25) is 4.79 Å². The Balaban J connectivity index is 2.02. The van der Waals surface area contributed by atoms with Crippen molar-refractivity contribution in [3.63, 3.8) is 0 Å². The molecule has 1 aliphatic carbocycles. The lowest BCUT2D eigenvalue weighted by molar-refractivity contribution is -0.123. The first-order chi connectivity index (χ1) is 18.6. The Morgan fingerprint density at radius 3 is 2.55 bits per heavy atom. The quantitative estimate of drug-likeness (QED) is 0.116. The van der Waals surface area contributed by atoms with Gasteiger partial charge in [0.2, 0.25) is 0 Å². The molecule has 0 aromatic heterocycles. The van der Waals surface area contributed by atoms with Crippen molar-refractivity contribution in [2.75, 3.05) is 13.2 Å². The van der Waals surface area contributed by atoms with E-state index >= 15 is 0 Å². The summed E-state index contributed by atoms with van der Waals surface area (Å²) in [5.41, 5.74) is 1.51. The van der Waals surface area contributed by atoms with Crippen molar-refractivity contribution in [3.05, 3.63) is 35.9 Å². The number of ether oxygens (including phenoxy) is 2. The first-order valence-electron chi connectivity index (χ1n) is 15.4. The highest BCUT2D eigenvalue weighted by molar-refractivity contribution is 6.74. The van der Waals surface area contributed by atoms with E-state index in [1.807, 2.05) is 0 Å². The fourth-order valence-electron chi connectivity index (χ4n) is 5.88. The average molecular weight is 567 g/mol.